The third kappa shape index (κ3) is 2.96. The van der Waals surface area contributed by atoms with Crippen LogP contribution in [-0.2, 0) is 0 Å². The van der Waals surface area contributed by atoms with Gasteiger partial charge in [-0.25, -0.2) is 0 Å². The number of rotatable bonds is 5. The predicted octanol–water partition coefficient (Wildman–Crippen LogP) is 3.25. The number of anilines is 1. The monoisotopic (exact) mass is 265 g/mol. The summed E-state index contributed by atoms with van der Waals surface area (Å²) in [6.07, 6.45) is 2.62. The van der Waals surface area contributed by atoms with Crippen LogP contribution in [0, 0.1) is 11.3 Å². The molecule has 0 atom stereocenters. The molecule has 1 aromatic carbocycles. The van der Waals surface area contributed by atoms with E-state index >= 15 is 0 Å². The van der Waals surface area contributed by atoms with Crippen LogP contribution in [0.4, 0.5) is 5.69 Å². The number of nitrogens with zero attached hydrogens (tertiary/aromatic N) is 1. The van der Waals surface area contributed by atoms with E-state index in [0.717, 1.165) is 23.7 Å². The van der Waals surface area contributed by atoms with Gasteiger partial charge < -0.3 is 10.6 Å². The predicted molar refractivity (Wildman–Crippen MR) is 77.7 cm³/mol. The molecule has 3 N–H and O–H groups in total. The minimum Gasteiger partial charge on any atom is -0.384 e. The van der Waals surface area contributed by atoms with Crippen LogP contribution in [0.2, 0.25) is 5.02 Å². The van der Waals surface area contributed by atoms with Crippen LogP contribution >= 0.6 is 11.6 Å². The number of halogens is 1. The molecule has 1 aliphatic rings. The van der Waals surface area contributed by atoms with Crippen molar-refractivity contribution in [2.75, 3.05) is 11.4 Å². The summed E-state index contributed by atoms with van der Waals surface area (Å²) < 4.78 is 0. The summed E-state index contributed by atoms with van der Waals surface area (Å²) in [6, 6.07) is 6.01. The molecule has 1 saturated carbocycles. The number of benzene rings is 1. The van der Waals surface area contributed by atoms with Gasteiger partial charge in [0.2, 0.25) is 0 Å². The second-order valence-electron chi connectivity index (χ2n) is 5.26. The first-order valence-corrected chi connectivity index (χ1v) is 6.77. The molecule has 0 aromatic heterocycles. The molecule has 2 rings (SSSR count). The summed E-state index contributed by atoms with van der Waals surface area (Å²) in [6.45, 7) is 5.38. The maximum absolute atomic E-state index is 7.70. The molecule has 18 heavy (non-hydrogen) atoms. The molecule has 0 unspecified atom stereocenters. The normalized spacial score (nSPS) is 14.9. The molecule has 0 aliphatic heterocycles. The van der Waals surface area contributed by atoms with Crippen molar-refractivity contribution in [1.29, 1.82) is 5.41 Å². The van der Waals surface area contributed by atoms with Crippen molar-refractivity contribution >= 4 is 23.1 Å². The highest BCUT2D eigenvalue weighted by atomic mass is 35.5. The van der Waals surface area contributed by atoms with Crippen molar-refractivity contribution < 1.29 is 0 Å². The Balaban J connectivity index is 2.35. The van der Waals surface area contributed by atoms with Gasteiger partial charge in [0, 0.05) is 28.9 Å². The van der Waals surface area contributed by atoms with Gasteiger partial charge >= 0.3 is 0 Å². The first-order chi connectivity index (χ1) is 8.49. The molecule has 0 saturated heterocycles. The number of nitrogens with one attached hydrogen (secondary N) is 1. The van der Waals surface area contributed by atoms with Crippen LogP contribution in [0.5, 0.6) is 0 Å². The topological polar surface area (TPSA) is 53.1 Å². The second-order valence-corrected chi connectivity index (χ2v) is 5.70. The largest absolute Gasteiger partial charge is 0.384 e. The first kappa shape index (κ1) is 13.2. The molecule has 98 valence electrons. The average molecular weight is 266 g/mol. The smallest absolute Gasteiger partial charge is 0.124 e. The summed E-state index contributed by atoms with van der Waals surface area (Å²) in [5.41, 5.74) is 7.42. The highest BCUT2D eigenvalue weighted by molar-refractivity contribution is 6.31. The molecule has 0 spiro atoms. The highest BCUT2D eigenvalue weighted by Gasteiger charge is 2.27. The maximum atomic E-state index is 7.70. The lowest BCUT2D eigenvalue weighted by Gasteiger charge is -2.31. The molecule has 1 aromatic rings. The lowest BCUT2D eigenvalue weighted by Crippen LogP contribution is -2.34. The Bertz CT molecular complexity index is 452. The van der Waals surface area contributed by atoms with E-state index in [-0.39, 0.29) is 5.84 Å². The van der Waals surface area contributed by atoms with Gasteiger partial charge in [-0.1, -0.05) is 11.6 Å². The fraction of sp³-hybridized carbons (Fsp3) is 0.500. The van der Waals surface area contributed by atoms with Crippen molar-refractivity contribution in [3.05, 3.63) is 28.8 Å². The zero-order valence-electron chi connectivity index (χ0n) is 10.9. The van der Waals surface area contributed by atoms with E-state index in [1.54, 1.807) is 6.07 Å². The van der Waals surface area contributed by atoms with E-state index in [0.29, 0.717) is 11.1 Å². The van der Waals surface area contributed by atoms with Crippen molar-refractivity contribution in [1.82, 2.24) is 0 Å². The average Bonchev–Trinajstić information content (AvgIpc) is 3.09. The van der Waals surface area contributed by atoms with E-state index < -0.39 is 0 Å². The molecule has 0 heterocycles. The highest BCUT2D eigenvalue weighted by Crippen LogP contribution is 2.34. The van der Waals surface area contributed by atoms with Gasteiger partial charge in [0.1, 0.15) is 5.84 Å². The zero-order chi connectivity index (χ0) is 13.3. The molecule has 1 aliphatic carbocycles. The van der Waals surface area contributed by atoms with E-state index in [1.165, 1.54) is 12.8 Å². The first-order valence-electron chi connectivity index (χ1n) is 6.39. The Labute approximate surface area is 113 Å². The molecular weight excluding hydrogens is 246 g/mol. The van der Waals surface area contributed by atoms with Crippen molar-refractivity contribution in [3.8, 4) is 0 Å². The van der Waals surface area contributed by atoms with Crippen molar-refractivity contribution in [2.24, 2.45) is 11.7 Å². The van der Waals surface area contributed by atoms with Gasteiger partial charge in [0.05, 0.1) is 0 Å². The van der Waals surface area contributed by atoms with Gasteiger partial charge in [0.25, 0.3) is 0 Å². The standard InChI is InChI=1S/C14H20ClN3/c1-9(2)18(8-10-3-4-10)13-6-5-11(15)7-12(13)14(16)17/h5-7,9-10H,3-4,8H2,1-2H3,(H3,16,17). The Hall–Kier alpha value is -1.22. The van der Waals surface area contributed by atoms with Crippen LogP contribution in [0.3, 0.4) is 0 Å². The lowest BCUT2D eigenvalue weighted by atomic mass is 10.1. The summed E-state index contributed by atoms with van der Waals surface area (Å²) in [5, 5.41) is 8.32. The molecule has 0 radical (unpaired) electrons. The third-order valence-corrected chi connectivity index (χ3v) is 3.57. The quantitative estimate of drug-likeness (QED) is 0.634. The molecule has 0 amide bonds. The van der Waals surface area contributed by atoms with Gasteiger partial charge in [-0.3, -0.25) is 5.41 Å². The lowest BCUT2D eigenvalue weighted by molar-refractivity contribution is 0.644. The van der Waals surface area contributed by atoms with E-state index in [1.807, 2.05) is 12.1 Å². The number of hydrogen-bond donors (Lipinski definition) is 2. The Morgan fingerprint density at radius 3 is 2.67 bits per heavy atom. The Morgan fingerprint density at radius 2 is 2.17 bits per heavy atom. The number of nitrogens with two attached hydrogens (primary N) is 1. The van der Waals surface area contributed by atoms with Gasteiger partial charge in [-0.2, -0.15) is 0 Å². The summed E-state index contributed by atoms with van der Waals surface area (Å²) in [5.74, 6) is 0.872. The van der Waals surface area contributed by atoms with Crippen LogP contribution in [0.25, 0.3) is 0 Å². The van der Waals surface area contributed by atoms with Crippen molar-refractivity contribution in [3.63, 3.8) is 0 Å². The van der Waals surface area contributed by atoms with Gasteiger partial charge in [-0.15, -0.1) is 0 Å². The minimum atomic E-state index is 0.0777. The van der Waals surface area contributed by atoms with Crippen LogP contribution < -0.4 is 10.6 Å². The molecular formula is C14H20ClN3. The van der Waals surface area contributed by atoms with Crippen LogP contribution in [-0.4, -0.2) is 18.4 Å². The van der Waals surface area contributed by atoms with Crippen LogP contribution in [0.1, 0.15) is 32.3 Å². The third-order valence-electron chi connectivity index (χ3n) is 3.33. The SMILES string of the molecule is CC(C)N(CC1CC1)c1ccc(Cl)cc1C(=N)N. The fourth-order valence-corrected chi connectivity index (χ4v) is 2.31. The van der Waals surface area contributed by atoms with Crippen molar-refractivity contribution in [2.45, 2.75) is 32.7 Å². The minimum absolute atomic E-state index is 0.0777. The molecule has 0 bridgehead atoms. The maximum Gasteiger partial charge on any atom is 0.124 e. The van der Waals surface area contributed by atoms with Gasteiger partial charge in [0.15, 0.2) is 0 Å². The van der Waals surface area contributed by atoms with Crippen LogP contribution in [0.15, 0.2) is 18.2 Å². The summed E-state index contributed by atoms with van der Waals surface area (Å²) >= 11 is 5.99. The number of hydrogen-bond acceptors (Lipinski definition) is 2. The number of nitrogen functional groups attached to an aromatic ring is 1. The number of amidine groups is 1. The van der Waals surface area contributed by atoms with Gasteiger partial charge in [-0.05, 0) is 50.8 Å². The van der Waals surface area contributed by atoms with E-state index in [9.17, 15) is 0 Å². The molecule has 4 heteroatoms. The molecule has 1 fully saturated rings. The Morgan fingerprint density at radius 1 is 1.50 bits per heavy atom. The summed E-state index contributed by atoms with van der Waals surface area (Å²) in [4.78, 5) is 2.32. The Kier molecular flexibility index (Phi) is 3.81. The molecule has 3 nitrogen and oxygen atoms in total. The zero-order valence-corrected chi connectivity index (χ0v) is 11.7. The van der Waals surface area contributed by atoms with E-state index in [4.69, 9.17) is 22.7 Å². The summed E-state index contributed by atoms with van der Waals surface area (Å²) in [7, 11) is 0. The fourth-order valence-electron chi connectivity index (χ4n) is 2.14. The van der Waals surface area contributed by atoms with E-state index in [2.05, 4.69) is 18.7 Å². The second kappa shape index (κ2) is 5.19.